The summed E-state index contributed by atoms with van der Waals surface area (Å²) in [5, 5.41) is 3.69. The first kappa shape index (κ1) is 26.6. The summed E-state index contributed by atoms with van der Waals surface area (Å²) in [7, 11) is -1.74. The van der Waals surface area contributed by atoms with E-state index >= 15 is 0 Å². The number of rotatable bonds is 5. The summed E-state index contributed by atoms with van der Waals surface area (Å²) in [5.74, 6) is 0.116. The molecule has 5 aliphatic rings. The smallest absolute Gasteiger partial charge is 0.319 e. The van der Waals surface area contributed by atoms with Gasteiger partial charge in [-0.1, -0.05) is 11.3 Å². The molecule has 5 atom stereocenters. The van der Waals surface area contributed by atoms with Gasteiger partial charge in [0.05, 0.1) is 52.4 Å². The van der Waals surface area contributed by atoms with Crippen LogP contribution in [0.1, 0.15) is 30.5 Å². The number of halogens is 2. The molecule has 0 amide bonds. The number of fused-ring (bicyclic) bond motifs is 5. The minimum absolute atomic E-state index is 0.00697. The summed E-state index contributed by atoms with van der Waals surface area (Å²) in [6, 6.07) is 3.09. The number of thiazole rings is 1. The van der Waals surface area contributed by atoms with Crippen LogP contribution >= 0.6 is 11.3 Å². The SMILES string of the molecule is Nc1nc2c(C3=Cc4nc(OC[C@@]56CCCN5C[C@H](F)C6)nc(N5C6CNCC5COC6)c4S(=O)N3)ccc(F)c2s1. The number of alkyl halides is 1. The first-order chi connectivity index (χ1) is 20.4. The number of morpholine rings is 1. The largest absolute Gasteiger partial charge is 0.461 e. The monoisotopic (exact) mass is 616 g/mol. The highest BCUT2D eigenvalue weighted by atomic mass is 32.2. The van der Waals surface area contributed by atoms with Gasteiger partial charge in [-0.25, -0.2) is 18.0 Å². The maximum absolute atomic E-state index is 14.5. The van der Waals surface area contributed by atoms with Crippen LogP contribution in [-0.2, 0) is 15.7 Å². The van der Waals surface area contributed by atoms with Crippen LogP contribution in [0.25, 0.3) is 22.0 Å². The molecule has 8 rings (SSSR count). The average molecular weight is 617 g/mol. The average Bonchev–Trinajstić information content (AvgIpc) is 3.62. The second-order valence-corrected chi connectivity index (χ2v) is 13.8. The van der Waals surface area contributed by atoms with E-state index in [9.17, 15) is 13.0 Å². The van der Waals surface area contributed by atoms with Gasteiger partial charge in [-0.15, -0.1) is 0 Å². The third-order valence-corrected chi connectivity index (χ3v) is 11.0. The Morgan fingerprint density at radius 1 is 1.24 bits per heavy atom. The first-order valence-corrected chi connectivity index (χ1v) is 16.1. The second kappa shape index (κ2) is 10.0. The number of hydrogen-bond donors (Lipinski definition) is 3. The molecule has 15 heteroatoms. The van der Waals surface area contributed by atoms with Gasteiger partial charge >= 0.3 is 6.01 Å². The van der Waals surface area contributed by atoms with Crippen LogP contribution in [-0.4, -0.2) is 93.9 Å². The maximum atomic E-state index is 14.5. The first-order valence-electron chi connectivity index (χ1n) is 14.1. The molecule has 0 aliphatic carbocycles. The summed E-state index contributed by atoms with van der Waals surface area (Å²) in [5.41, 5.74) is 7.42. The molecule has 0 saturated carbocycles. The topological polar surface area (TPSA) is 131 Å². The van der Waals surface area contributed by atoms with E-state index in [1.807, 2.05) is 0 Å². The molecule has 222 valence electrons. The quantitative estimate of drug-likeness (QED) is 0.392. The Kier molecular flexibility index (Phi) is 6.37. The van der Waals surface area contributed by atoms with E-state index < -0.39 is 23.0 Å². The molecule has 0 radical (unpaired) electrons. The van der Waals surface area contributed by atoms with Crippen molar-refractivity contribution in [1.29, 1.82) is 0 Å². The van der Waals surface area contributed by atoms with E-state index in [1.54, 1.807) is 12.1 Å². The number of anilines is 2. The van der Waals surface area contributed by atoms with Gasteiger partial charge in [0.15, 0.2) is 21.9 Å². The normalized spacial score (nSPS) is 30.6. The van der Waals surface area contributed by atoms with Crippen molar-refractivity contribution in [2.45, 2.75) is 48.0 Å². The fourth-order valence-corrected chi connectivity index (χ4v) is 8.98. The predicted octanol–water partition coefficient (Wildman–Crippen LogP) is 2.06. The molecule has 7 heterocycles. The molecule has 3 unspecified atom stereocenters. The molecule has 1 aromatic carbocycles. The molecule has 11 nitrogen and oxygen atoms in total. The second-order valence-electron chi connectivity index (χ2n) is 11.6. The maximum Gasteiger partial charge on any atom is 0.319 e. The van der Waals surface area contributed by atoms with Gasteiger partial charge in [0.1, 0.15) is 23.5 Å². The van der Waals surface area contributed by atoms with Gasteiger partial charge in [0.25, 0.3) is 0 Å². The van der Waals surface area contributed by atoms with Gasteiger partial charge in [-0.3, -0.25) is 4.90 Å². The number of piperazine rings is 1. The minimum Gasteiger partial charge on any atom is -0.461 e. The third kappa shape index (κ3) is 4.27. The molecule has 5 aliphatic heterocycles. The summed E-state index contributed by atoms with van der Waals surface area (Å²) in [4.78, 5) is 18.7. The molecule has 4 fully saturated rings. The molecular weight excluding hydrogens is 586 g/mol. The Balaban J connectivity index is 1.23. The van der Waals surface area contributed by atoms with Gasteiger partial charge in [0.2, 0.25) is 0 Å². The molecule has 4 saturated heterocycles. The standard InChI is InChI=1S/C27H30F2N8O3S2/c28-14-7-27(4-1-5-36(27)10-14)13-40-26-32-20-6-19(17-2-3-18(29)22-21(17)33-25(30)41-22)35-42(38)23(20)24(34-26)37-15-8-31-9-16(37)12-39-11-15/h2-3,6,14-16,31,35H,1,4-5,7-13H2,(H2,30,33)/t14-,15?,16?,27+,42?/m1/s1. The fraction of sp³-hybridized carbons (Fsp3) is 0.519. The van der Waals surface area contributed by atoms with Gasteiger partial charge < -0.3 is 30.1 Å². The summed E-state index contributed by atoms with van der Waals surface area (Å²) in [6.07, 6.45) is 3.19. The van der Waals surface area contributed by atoms with Crippen LogP contribution in [0.4, 0.5) is 19.7 Å². The summed E-state index contributed by atoms with van der Waals surface area (Å²) >= 11 is 1.06. The molecule has 0 spiro atoms. The molecule has 2 bridgehead atoms. The lowest BCUT2D eigenvalue weighted by molar-refractivity contribution is 0.0516. The third-order valence-electron chi connectivity index (χ3n) is 8.97. The number of hydrogen-bond acceptors (Lipinski definition) is 11. The van der Waals surface area contributed by atoms with Gasteiger partial charge in [-0.2, -0.15) is 9.97 Å². The number of nitrogen functional groups attached to an aromatic ring is 1. The zero-order valence-corrected chi connectivity index (χ0v) is 24.3. The molecule has 2 aromatic heterocycles. The highest BCUT2D eigenvalue weighted by Gasteiger charge is 2.49. The Labute approximate surface area is 247 Å². The van der Waals surface area contributed by atoms with Crippen LogP contribution < -0.4 is 25.4 Å². The molecule has 4 N–H and O–H groups in total. The van der Waals surface area contributed by atoms with Crippen molar-refractivity contribution in [2.75, 3.05) is 56.6 Å². The predicted molar refractivity (Wildman–Crippen MR) is 156 cm³/mol. The molecular formula is C27H30F2N8O3S2. The lowest BCUT2D eigenvalue weighted by Crippen LogP contribution is -2.64. The zero-order chi connectivity index (χ0) is 28.6. The van der Waals surface area contributed by atoms with E-state index in [0.29, 0.717) is 77.2 Å². The van der Waals surface area contributed by atoms with Crippen LogP contribution in [0.5, 0.6) is 6.01 Å². The van der Waals surface area contributed by atoms with Crippen molar-refractivity contribution < 1.29 is 22.5 Å². The summed E-state index contributed by atoms with van der Waals surface area (Å²) in [6.45, 7) is 3.96. The van der Waals surface area contributed by atoms with E-state index in [2.05, 4.69) is 24.8 Å². The van der Waals surface area contributed by atoms with Gasteiger partial charge in [-0.05, 0) is 37.6 Å². The molecule has 3 aromatic rings. The Morgan fingerprint density at radius 3 is 2.90 bits per heavy atom. The number of nitrogens with two attached hydrogens (primary N) is 1. The Bertz CT molecular complexity index is 1620. The highest BCUT2D eigenvalue weighted by Crippen LogP contribution is 2.42. The molecule has 42 heavy (non-hydrogen) atoms. The van der Waals surface area contributed by atoms with E-state index in [-0.39, 0.29) is 35.4 Å². The van der Waals surface area contributed by atoms with E-state index in [4.69, 9.17) is 25.2 Å². The van der Waals surface area contributed by atoms with Crippen LogP contribution in [0.15, 0.2) is 17.0 Å². The number of nitrogens with zero attached hydrogens (tertiary/aromatic N) is 5. The van der Waals surface area contributed by atoms with Crippen LogP contribution in [0.3, 0.4) is 0 Å². The Hall–Kier alpha value is -2.98. The van der Waals surface area contributed by atoms with Crippen molar-refractivity contribution in [3.05, 3.63) is 29.2 Å². The zero-order valence-electron chi connectivity index (χ0n) is 22.6. The lowest BCUT2D eigenvalue weighted by atomic mass is 9.95. The highest BCUT2D eigenvalue weighted by molar-refractivity contribution is 7.83. The van der Waals surface area contributed by atoms with E-state index in [0.717, 1.165) is 30.7 Å². The van der Waals surface area contributed by atoms with Crippen LogP contribution in [0.2, 0.25) is 0 Å². The fourth-order valence-electron chi connectivity index (χ4n) is 7.13. The van der Waals surface area contributed by atoms with Gasteiger partial charge in [0, 0.05) is 31.6 Å². The van der Waals surface area contributed by atoms with Crippen molar-refractivity contribution in [1.82, 2.24) is 29.9 Å². The number of nitrogens with one attached hydrogen (secondary N) is 2. The lowest BCUT2D eigenvalue weighted by Gasteiger charge is -2.47. The minimum atomic E-state index is -1.74. The van der Waals surface area contributed by atoms with E-state index in [1.165, 1.54) is 6.07 Å². The summed E-state index contributed by atoms with van der Waals surface area (Å²) < 4.78 is 58.4. The number of aromatic nitrogens is 3. The van der Waals surface area contributed by atoms with Crippen molar-refractivity contribution in [2.24, 2.45) is 0 Å². The van der Waals surface area contributed by atoms with Crippen molar-refractivity contribution >= 4 is 55.3 Å². The number of ether oxygens (including phenoxy) is 2. The Morgan fingerprint density at radius 2 is 2.07 bits per heavy atom. The number of benzene rings is 1. The van der Waals surface area contributed by atoms with Crippen molar-refractivity contribution in [3.63, 3.8) is 0 Å². The van der Waals surface area contributed by atoms with Crippen molar-refractivity contribution in [3.8, 4) is 6.01 Å². The van der Waals surface area contributed by atoms with Crippen LogP contribution in [0, 0.1) is 5.82 Å².